The minimum absolute atomic E-state index is 0.116. The van der Waals surface area contributed by atoms with E-state index < -0.39 is 41.0 Å². The van der Waals surface area contributed by atoms with Crippen molar-refractivity contribution in [2.45, 2.75) is 44.3 Å². The molecule has 1 unspecified atom stereocenters. The molecule has 1 aliphatic heterocycles. The van der Waals surface area contributed by atoms with Gasteiger partial charge in [-0.1, -0.05) is 19.3 Å². The van der Waals surface area contributed by atoms with E-state index in [1.54, 1.807) is 24.4 Å². The van der Waals surface area contributed by atoms with Crippen molar-refractivity contribution in [2.75, 3.05) is 5.32 Å². The van der Waals surface area contributed by atoms with Gasteiger partial charge >= 0.3 is 6.18 Å². The highest BCUT2D eigenvalue weighted by Crippen LogP contribution is 2.43. The lowest BCUT2D eigenvalue weighted by Crippen LogP contribution is -2.27. The SMILES string of the molecule is O=C(Nc1cc(-c2ccc3ncnn3c2)nc2c1C(C1CCCCC1)NC2=O)c1cc(F)cc(C(F)(F)F)c1. The lowest BCUT2D eigenvalue weighted by atomic mass is 9.81. The van der Waals surface area contributed by atoms with Crippen molar-refractivity contribution < 1.29 is 27.2 Å². The molecule has 3 aromatic heterocycles. The third-order valence-corrected chi connectivity index (χ3v) is 7.30. The summed E-state index contributed by atoms with van der Waals surface area (Å²) in [7, 11) is 0. The van der Waals surface area contributed by atoms with Crippen molar-refractivity contribution in [1.82, 2.24) is 24.9 Å². The molecule has 0 spiro atoms. The molecule has 1 atom stereocenters. The predicted octanol–water partition coefficient (Wildman–Crippen LogP) is 5.57. The molecule has 8 nitrogen and oxygen atoms in total. The van der Waals surface area contributed by atoms with Gasteiger partial charge in [0.1, 0.15) is 17.8 Å². The van der Waals surface area contributed by atoms with E-state index in [-0.39, 0.29) is 17.3 Å². The van der Waals surface area contributed by atoms with Gasteiger partial charge in [0.05, 0.1) is 23.0 Å². The van der Waals surface area contributed by atoms with Gasteiger partial charge in [0, 0.05) is 22.9 Å². The van der Waals surface area contributed by atoms with E-state index in [1.807, 2.05) is 0 Å². The highest BCUT2D eigenvalue weighted by atomic mass is 19.4. The average Bonchev–Trinajstić information content (AvgIpc) is 3.52. The number of hydrogen-bond donors (Lipinski definition) is 2. The minimum Gasteiger partial charge on any atom is -0.343 e. The summed E-state index contributed by atoms with van der Waals surface area (Å²) in [4.78, 5) is 35.0. The van der Waals surface area contributed by atoms with Crippen molar-refractivity contribution in [1.29, 1.82) is 0 Å². The molecule has 0 bridgehead atoms. The number of alkyl halides is 3. The second-order valence-corrected chi connectivity index (χ2v) is 9.83. The van der Waals surface area contributed by atoms with Gasteiger partial charge in [0.25, 0.3) is 11.8 Å². The maximum Gasteiger partial charge on any atom is 0.416 e. The lowest BCUT2D eigenvalue weighted by molar-refractivity contribution is -0.137. The molecular weight excluding hydrogens is 516 g/mol. The van der Waals surface area contributed by atoms with E-state index >= 15 is 0 Å². The van der Waals surface area contributed by atoms with Crippen LogP contribution in [0.15, 0.2) is 48.9 Å². The smallest absolute Gasteiger partial charge is 0.343 e. The van der Waals surface area contributed by atoms with E-state index in [9.17, 15) is 27.2 Å². The van der Waals surface area contributed by atoms with Crippen LogP contribution in [-0.4, -0.2) is 31.4 Å². The number of fused-ring (bicyclic) bond motifs is 2. The first-order chi connectivity index (χ1) is 18.7. The molecule has 4 aromatic rings. The van der Waals surface area contributed by atoms with Gasteiger partial charge in [0.15, 0.2) is 5.65 Å². The van der Waals surface area contributed by atoms with E-state index in [2.05, 4.69) is 25.7 Å². The molecule has 1 aromatic carbocycles. The van der Waals surface area contributed by atoms with E-state index in [4.69, 9.17) is 0 Å². The Morgan fingerprint density at radius 3 is 2.64 bits per heavy atom. The molecule has 1 saturated carbocycles. The van der Waals surface area contributed by atoms with Crippen molar-refractivity contribution in [3.05, 3.63) is 77.1 Å². The van der Waals surface area contributed by atoms with Gasteiger partial charge in [-0.05, 0) is 55.2 Å². The lowest BCUT2D eigenvalue weighted by Gasteiger charge is -2.28. The van der Waals surface area contributed by atoms with Crippen molar-refractivity contribution in [2.24, 2.45) is 5.92 Å². The molecule has 0 saturated heterocycles. The molecule has 0 radical (unpaired) electrons. The number of anilines is 1. The van der Waals surface area contributed by atoms with Crippen LogP contribution in [-0.2, 0) is 6.18 Å². The third-order valence-electron chi connectivity index (χ3n) is 7.30. The van der Waals surface area contributed by atoms with Gasteiger partial charge in [-0.15, -0.1) is 0 Å². The van der Waals surface area contributed by atoms with Crippen LogP contribution in [0, 0.1) is 11.7 Å². The molecule has 39 heavy (non-hydrogen) atoms. The van der Waals surface area contributed by atoms with Gasteiger partial charge in [-0.2, -0.15) is 18.3 Å². The number of nitrogens with one attached hydrogen (secondary N) is 2. The largest absolute Gasteiger partial charge is 0.416 e. The quantitative estimate of drug-likeness (QED) is 0.331. The molecule has 2 amide bonds. The Kier molecular flexibility index (Phi) is 6.04. The molecular formula is C27H22F4N6O2. The third kappa shape index (κ3) is 4.70. The number of aromatic nitrogens is 4. The zero-order chi connectivity index (χ0) is 27.3. The number of nitrogens with zero attached hydrogens (tertiary/aromatic N) is 4. The van der Waals surface area contributed by atoms with Crippen LogP contribution in [0.1, 0.15) is 70.1 Å². The molecule has 6 rings (SSSR count). The van der Waals surface area contributed by atoms with Gasteiger partial charge in [-0.25, -0.2) is 18.9 Å². The number of benzene rings is 1. The van der Waals surface area contributed by atoms with Crippen LogP contribution < -0.4 is 10.6 Å². The number of carbonyl (C=O) groups is 2. The van der Waals surface area contributed by atoms with E-state index in [0.717, 1.165) is 38.2 Å². The Labute approximate surface area is 219 Å². The number of pyridine rings is 2. The van der Waals surface area contributed by atoms with Crippen molar-refractivity contribution >= 4 is 23.1 Å². The van der Waals surface area contributed by atoms with Crippen molar-refractivity contribution in [3.8, 4) is 11.3 Å². The van der Waals surface area contributed by atoms with Crippen LogP contribution in [0.4, 0.5) is 23.2 Å². The van der Waals surface area contributed by atoms with E-state index in [0.29, 0.717) is 34.6 Å². The second kappa shape index (κ2) is 9.44. The predicted molar refractivity (Wildman–Crippen MR) is 132 cm³/mol. The maximum absolute atomic E-state index is 14.1. The van der Waals surface area contributed by atoms with E-state index in [1.165, 1.54) is 10.8 Å². The number of hydrogen-bond acceptors (Lipinski definition) is 5. The summed E-state index contributed by atoms with van der Waals surface area (Å²) in [6.07, 6.45) is 3.07. The van der Waals surface area contributed by atoms with Gasteiger partial charge < -0.3 is 10.6 Å². The summed E-state index contributed by atoms with van der Waals surface area (Å²) < 4.78 is 55.4. The maximum atomic E-state index is 14.1. The Morgan fingerprint density at radius 1 is 1.08 bits per heavy atom. The fourth-order valence-corrected chi connectivity index (χ4v) is 5.44. The molecule has 2 aliphatic rings. The molecule has 4 heterocycles. The zero-order valence-corrected chi connectivity index (χ0v) is 20.4. The van der Waals surface area contributed by atoms with Crippen molar-refractivity contribution in [3.63, 3.8) is 0 Å². The molecule has 1 fully saturated rings. The van der Waals surface area contributed by atoms with Crippen LogP contribution in [0.3, 0.4) is 0 Å². The second-order valence-electron chi connectivity index (χ2n) is 9.83. The summed E-state index contributed by atoms with van der Waals surface area (Å²) in [5.74, 6) is -2.41. The Bertz CT molecular complexity index is 1610. The highest BCUT2D eigenvalue weighted by molar-refractivity contribution is 6.07. The first kappa shape index (κ1) is 25.0. The summed E-state index contributed by atoms with van der Waals surface area (Å²) in [6.45, 7) is 0. The minimum atomic E-state index is -4.83. The molecule has 1 aliphatic carbocycles. The monoisotopic (exact) mass is 538 g/mol. The molecule has 2 N–H and O–H groups in total. The molecule has 200 valence electrons. The zero-order valence-electron chi connectivity index (χ0n) is 20.4. The van der Waals surface area contributed by atoms with Crippen LogP contribution >= 0.6 is 0 Å². The summed E-state index contributed by atoms with van der Waals surface area (Å²) in [5, 5.41) is 9.77. The summed E-state index contributed by atoms with van der Waals surface area (Å²) in [5.41, 5.74) is 0.587. The first-order valence-electron chi connectivity index (χ1n) is 12.5. The van der Waals surface area contributed by atoms with Gasteiger partial charge in [0.2, 0.25) is 0 Å². The number of amides is 2. The number of rotatable bonds is 4. The number of halogens is 4. The van der Waals surface area contributed by atoms with Gasteiger partial charge in [-0.3, -0.25) is 9.59 Å². The normalized spacial score (nSPS) is 17.7. The topological polar surface area (TPSA) is 101 Å². The van der Waals surface area contributed by atoms with Crippen LogP contribution in [0.25, 0.3) is 16.9 Å². The first-order valence-corrected chi connectivity index (χ1v) is 12.5. The van der Waals surface area contributed by atoms with Crippen LogP contribution in [0.2, 0.25) is 0 Å². The van der Waals surface area contributed by atoms with Crippen LogP contribution in [0.5, 0.6) is 0 Å². The summed E-state index contributed by atoms with van der Waals surface area (Å²) in [6, 6.07) is 6.29. The Hall–Kier alpha value is -4.35. The average molecular weight is 539 g/mol. The summed E-state index contributed by atoms with van der Waals surface area (Å²) >= 11 is 0. The molecule has 12 heteroatoms. The fourth-order valence-electron chi connectivity index (χ4n) is 5.44. The highest BCUT2D eigenvalue weighted by Gasteiger charge is 2.39. The Balaban J connectivity index is 1.45. The fraction of sp³-hybridized carbons (Fsp3) is 0.296. The standard InChI is InChI=1S/C27H22F4N6O2/c28-18-9-16(8-17(10-18)27(29,30)31)25(38)35-20-11-19(15-6-7-21-32-13-33-37(21)12-15)34-24-22(20)23(36-26(24)39)14-4-2-1-3-5-14/h6-14,23H,1-5H2,(H,36,39)(H,34,35,38). The number of carbonyl (C=O) groups excluding carboxylic acids is 2. The Morgan fingerprint density at radius 2 is 1.87 bits per heavy atom.